The van der Waals surface area contributed by atoms with Gasteiger partial charge in [-0.3, -0.25) is 4.68 Å². The molecule has 15 heavy (non-hydrogen) atoms. The molecular weight excluding hydrogens is 186 g/mol. The van der Waals surface area contributed by atoms with E-state index < -0.39 is 0 Å². The van der Waals surface area contributed by atoms with Gasteiger partial charge in [-0.1, -0.05) is 6.92 Å². The second kappa shape index (κ2) is 4.79. The van der Waals surface area contributed by atoms with Crippen molar-refractivity contribution in [2.45, 2.75) is 51.6 Å². The molecule has 1 heterocycles. The Bertz CT molecular complexity index is 306. The highest BCUT2D eigenvalue weighted by Gasteiger charge is 2.28. The Balaban J connectivity index is 2.01. The number of aryl methyl sites for hydroxylation is 1. The van der Waals surface area contributed by atoms with Crippen molar-refractivity contribution in [3.05, 3.63) is 18.0 Å². The molecule has 0 aromatic carbocycles. The van der Waals surface area contributed by atoms with Gasteiger partial charge < -0.3 is 5.32 Å². The van der Waals surface area contributed by atoms with E-state index in [9.17, 15) is 0 Å². The molecule has 1 fully saturated rings. The Morgan fingerprint density at radius 2 is 2.40 bits per heavy atom. The van der Waals surface area contributed by atoms with Crippen LogP contribution in [0.1, 0.15) is 44.2 Å². The lowest BCUT2D eigenvalue weighted by Crippen LogP contribution is -2.34. The number of nitrogens with zero attached hydrogens (tertiary/aromatic N) is 2. The zero-order chi connectivity index (χ0) is 10.7. The van der Waals surface area contributed by atoms with Gasteiger partial charge in [-0.15, -0.1) is 0 Å². The van der Waals surface area contributed by atoms with E-state index in [2.05, 4.69) is 35.1 Å². The van der Waals surface area contributed by atoms with Gasteiger partial charge in [0.2, 0.25) is 0 Å². The van der Waals surface area contributed by atoms with Crippen LogP contribution in [0, 0.1) is 6.92 Å². The molecule has 1 aromatic rings. The molecule has 1 aliphatic rings. The first-order valence-electron chi connectivity index (χ1n) is 6.05. The van der Waals surface area contributed by atoms with Crippen molar-refractivity contribution in [3.63, 3.8) is 0 Å². The molecule has 2 atom stereocenters. The zero-order valence-corrected chi connectivity index (χ0v) is 9.74. The fraction of sp³-hybridized carbons (Fsp3) is 0.750. The van der Waals surface area contributed by atoms with Gasteiger partial charge >= 0.3 is 0 Å². The summed E-state index contributed by atoms with van der Waals surface area (Å²) in [5.74, 6) is 0. The Morgan fingerprint density at radius 3 is 3.07 bits per heavy atom. The maximum absolute atomic E-state index is 4.43. The highest BCUT2D eigenvalue weighted by Crippen LogP contribution is 2.29. The summed E-state index contributed by atoms with van der Waals surface area (Å²) in [6.07, 6.45) is 9.21. The Kier molecular flexibility index (Phi) is 3.41. The lowest BCUT2D eigenvalue weighted by molar-refractivity contribution is 0.366. The minimum absolute atomic E-state index is 0.574. The van der Waals surface area contributed by atoms with E-state index in [1.807, 2.05) is 6.20 Å². The van der Waals surface area contributed by atoms with Crippen LogP contribution in [-0.4, -0.2) is 22.4 Å². The molecule has 0 spiro atoms. The van der Waals surface area contributed by atoms with Crippen LogP contribution >= 0.6 is 0 Å². The maximum Gasteiger partial charge on any atom is 0.0672 e. The first kappa shape index (κ1) is 10.7. The van der Waals surface area contributed by atoms with Crippen molar-refractivity contribution in [1.29, 1.82) is 0 Å². The highest BCUT2D eigenvalue weighted by atomic mass is 15.3. The van der Waals surface area contributed by atoms with E-state index in [4.69, 9.17) is 0 Å². The van der Waals surface area contributed by atoms with Gasteiger partial charge in [-0.05, 0) is 44.7 Å². The number of aromatic nitrogens is 2. The van der Waals surface area contributed by atoms with Crippen LogP contribution in [0.2, 0.25) is 0 Å². The van der Waals surface area contributed by atoms with Crippen LogP contribution in [0.5, 0.6) is 0 Å². The van der Waals surface area contributed by atoms with Gasteiger partial charge in [0, 0.05) is 12.2 Å². The third-order valence-electron chi connectivity index (χ3n) is 3.21. The van der Waals surface area contributed by atoms with E-state index in [0.29, 0.717) is 12.1 Å². The maximum atomic E-state index is 4.43. The first-order valence-corrected chi connectivity index (χ1v) is 6.05. The summed E-state index contributed by atoms with van der Waals surface area (Å²) in [4.78, 5) is 0. The van der Waals surface area contributed by atoms with Gasteiger partial charge in [0.05, 0.1) is 12.2 Å². The summed E-state index contributed by atoms with van der Waals surface area (Å²) in [5, 5.41) is 8.06. The molecule has 0 radical (unpaired) electrons. The minimum atomic E-state index is 0.574. The fourth-order valence-corrected chi connectivity index (χ4v) is 2.44. The molecule has 1 aliphatic carbocycles. The SMILES string of the molecule is CCCNC1CCCC1n1cc(C)cn1. The van der Waals surface area contributed by atoms with E-state index in [0.717, 1.165) is 6.54 Å². The van der Waals surface area contributed by atoms with Crippen molar-refractivity contribution in [3.8, 4) is 0 Å². The van der Waals surface area contributed by atoms with Gasteiger partial charge in [-0.25, -0.2) is 0 Å². The zero-order valence-electron chi connectivity index (χ0n) is 9.74. The van der Waals surface area contributed by atoms with E-state index in [-0.39, 0.29) is 0 Å². The normalized spacial score (nSPS) is 26.0. The van der Waals surface area contributed by atoms with Crippen molar-refractivity contribution in [1.82, 2.24) is 15.1 Å². The summed E-state index contributed by atoms with van der Waals surface area (Å²) in [6.45, 7) is 5.45. The average Bonchev–Trinajstić information content (AvgIpc) is 2.82. The second-order valence-corrected chi connectivity index (χ2v) is 4.56. The Hall–Kier alpha value is -0.830. The smallest absolute Gasteiger partial charge is 0.0672 e. The first-order chi connectivity index (χ1) is 7.31. The lowest BCUT2D eigenvalue weighted by atomic mass is 10.1. The molecule has 3 heteroatoms. The summed E-state index contributed by atoms with van der Waals surface area (Å²) >= 11 is 0. The van der Waals surface area contributed by atoms with Crippen molar-refractivity contribution >= 4 is 0 Å². The molecule has 0 saturated heterocycles. The summed E-state index contributed by atoms with van der Waals surface area (Å²) in [6, 6.07) is 1.20. The van der Waals surface area contributed by atoms with Crippen LogP contribution in [0.25, 0.3) is 0 Å². The van der Waals surface area contributed by atoms with Crippen molar-refractivity contribution in [2.75, 3.05) is 6.54 Å². The second-order valence-electron chi connectivity index (χ2n) is 4.56. The van der Waals surface area contributed by atoms with E-state index in [1.165, 1.54) is 31.2 Å². The quantitative estimate of drug-likeness (QED) is 0.821. The molecule has 1 aromatic heterocycles. The Labute approximate surface area is 91.9 Å². The highest BCUT2D eigenvalue weighted by molar-refractivity contribution is 5.02. The molecular formula is C12H21N3. The molecule has 3 nitrogen and oxygen atoms in total. The van der Waals surface area contributed by atoms with Crippen LogP contribution in [0.4, 0.5) is 0 Å². The topological polar surface area (TPSA) is 29.9 Å². The van der Waals surface area contributed by atoms with Gasteiger partial charge in [0.15, 0.2) is 0 Å². The molecule has 0 bridgehead atoms. The van der Waals surface area contributed by atoms with Crippen LogP contribution in [0.15, 0.2) is 12.4 Å². The molecule has 2 unspecified atom stereocenters. The molecule has 1 N–H and O–H groups in total. The number of hydrogen-bond donors (Lipinski definition) is 1. The van der Waals surface area contributed by atoms with Crippen LogP contribution in [-0.2, 0) is 0 Å². The minimum Gasteiger partial charge on any atom is -0.312 e. The monoisotopic (exact) mass is 207 g/mol. The molecule has 0 aliphatic heterocycles. The number of hydrogen-bond acceptors (Lipinski definition) is 2. The van der Waals surface area contributed by atoms with Gasteiger partial charge in [0.1, 0.15) is 0 Å². The summed E-state index contributed by atoms with van der Waals surface area (Å²) in [7, 11) is 0. The predicted molar refractivity (Wildman–Crippen MR) is 61.9 cm³/mol. The third kappa shape index (κ3) is 2.40. The standard InChI is InChI=1S/C12H21N3/c1-3-7-13-11-5-4-6-12(11)15-9-10(2)8-14-15/h8-9,11-13H,3-7H2,1-2H3. The van der Waals surface area contributed by atoms with Crippen LogP contribution < -0.4 is 5.32 Å². The van der Waals surface area contributed by atoms with Gasteiger partial charge in [-0.2, -0.15) is 5.10 Å². The van der Waals surface area contributed by atoms with Crippen molar-refractivity contribution < 1.29 is 0 Å². The number of nitrogens with one attached hydrogen (secondary N) is 1. The molecule has 1 saturated carbocycles. The van der Waals surface area contributed by atoms with Gasteiger partial charge in [0.25, 0.3) is 0 Å². The molecule has 2 rings (SSSR count). The molecule has 0 amide bonds. The molecule has 84 valence electrons. The average molecular weight is 207 g/mol. The van der Waals surface area contributed by atoms with E-state index >= 15 is 0 Å². The fourth-order valence-electron chi connectivity index (χ4n) is 2.44. The summed E-state index contributed by atoms with van der Waals surface area (Å²) < 4.78 is 2.15. The largest absolute Gasteiger partial charge is 0.312 e. The number of rotatable bonds is 4. The summed E-state index contributed by atoms with van der Waals surface area (Å²) in [5.41, 5.74) is 1.26. The Morgan fingerprint density at radius 1 is 1.53 bits per heavy atom. The van der Waals surface area contributed by atoms with E-state index in [1.54, 1.807) is 0 Å². The van der Waals surface area contributed by atoms with Crippen molar-refractivity contribution in [2.24, 2.45) is 0 Å². The van der Waals surface area contributed by atoms with Crippen LogP contribution in [0.3, 0.4) is 0 Å². The third-order valence-corrected chi connectivity index (χ3v) is 3.21. The lowest BCUT2D eigenvalue weighted by Gasteiger charge is -2.21. The predicted octanol–water partition coefficient (Wildman–Crippen LogP) is 2.28.